The Morgan fingerprint density at radius 1 is 1.16 bits per heavy atom. The molecule has 0 spiro atoms. The first-order valence-electron chi connectivity index (χ1n) is 11.0. The Morgan fingerprint density at radius 3 is 2.53 bits per heavy atom. The number of hydrogen-bond acceptors (Lipinski definition) is 5. The number of aromatic amines is 1. The summed E-state index contributed by atoms with van der Waals surface area (Å²) >= 11 is 0. The van der Waals surface area contributed by atoms with E-state index in [0.717, 1.165) is 9.82 Å². The number of piperidine rings is 2. The number of amides is 1. The highest BCUT2D eigenvalue weighted by Crippen LogP contribution is 2.35. The van der Waals surface area contributed by atoms with Gasteiger partial charge in [0.2, 0.25) is 0 Å². The van der Waals surface area contributed by atoms with Gasteiger partial charge in [0.05, 0.1) is 0 Å². The van der Waals surface area contributed by atoms with E-state index in [1.807, 2.05) is 13.1 Å². The van der Waals surface area contributed by atoms with Gasteiger partial charge in [0.25, 0.3) is 16.1 Å². The van der Waals surface area contributed by atoms with Gasteiger partial charge in [-0.1, -0.05) is 12.1 Å². The van der Waals surface area contributed by atoms with E-state index in [9.17, 15) is 18.0 Å². The van der Waals surface area contributed by atoms with Crippen molar-refractivity contribution in [2.45, 2.75) is 51.5 Å². The summed E-state index contributed by atoms with van der Waals surface area (Å²) in [6.07, 6.45) is 3.83. The van der Waals surface area contributed by atoms with Crippen molar-refractivity contribution >= 4 is 32.8 Å². The molecule has 0 saturated carbocycles. The molecule has 1 aromatic carbocycles. The molecule has 2 fully saturated rings. The number of ketones is 1. The number of rotatable bonds is 5. The summed E-state index contributed by atoms with van der Waals surface area (Å²) < 4.78 is 29.4. The number of fused-ring (bicyclic) bond motifs is 1. The first-order chi connectivity index (χ1) is 15.2. The van der Waals surface area contributed by atoms with Gasteiger partial charge in [0.1, 0.15) is 11.8 Å². The second-order valence-corrected chi connectivity index (χ2v) is 10.8. The molecule has 2 aliphatic rings. The Hall–Kier alpha value is -2.27. The average Bonchev–Trinajstić information content (AvgIpc) is 3.21. The summed E-state index contributed by atoms with van der Waals surface area (Å²) in [5.74, 6) is -1.02. The highest BCUT2D eigenvalue weighted by Gasteiger charge is 2.44. The number of H-pyrrole nitrogens is 1. The SMILES string of the molecule is CC(=O)C1CCN(S(=O)(=O)N2CCC(c3c[nH]c4cc(C)ccc34)CC2)C(C(=O)NO)C1. The van der Waals surface area contributed by atoms with Crippen LogP contribution in [-0.4, -0.2) is 64.6 Å². The lowest BCUT2D eigenvalue weighted by molar-refractivity contribution is -0.135. The standard InChI is InChI=1S/C22H30N4O5S/c1-14-3-4-18-19(13-23-20(18)11-14)16-5-8-25(9-6-16)32(30,31)26-10-7-17(15(2)27)12-21(26)22(28)24-29/h3-4,11,13,16-17,21,23,29H,5-10,12H2,1-2H3,(H,24,28). The number of nitrogens with zero attached hydrogens (tertiary/aromatic N) is 2. The minimum atomic E-state index is -3.90. The molecule has 3 heterocycles. The molecule has 1 amide bonds. The number of Topliss-reactive ketones (excluding diaryl/α,β-unsaturated/α-hetero) is 1. The van der Waals surface area contributed by atoms with Gasteiger partial charge in [-0.2, -0.15) is 17.0 Å². The van der Waals surface area contributed by atoms with Crippen LogP contribution in [0, 0.1) is 12.8 Å². The Bertz CT molecular complexity index is 1120. The monoisotopic (exact) mass is 462 g/mol. The number of hydrogen-bond donors (Lipinski definition) is 3. The van der Waals surface area contributed by atoms with Crippen molar-refractivity contribution in [3.05, 3.63) is 35.5 Å². The largest absolute Gasteiger partial charge is 0.361 e. The normalized spacial score (nSPS) is 24.0. The second-order valence-electron chi connectivity index (χ2n) is 8.91. The van der Waals surface area contributed by atoms with Crippen molar-refractivity contribution in [1.82, 2.24) is 19.1 Å². The zero-order valence-electron chi connectivity index (χ0n) is 18.4. The molecular formula is C22H30N4O5S. The minimum absolute atomic E-state index is 0.0756. The third-order valence-electron chi connectivity index (χ3n) is 6.93. The maximum atomic E-state index is 13.4. The maximum absolute atomic E-state index is 13.4. The topological polar surface area (TPSA) is 123 Å². The Kier molecular flexibility index (Phi) is 6.39. The molecule has 2 aromatic rings. The summed E-state index contributed by atoms with van der Waals surface area (Å²) in [7, 11) is -3.90. The first kappa shape index (κ1) is 22.9. The van der Waals surface area contributed by atoms with Crippen LogP contribution in [0.2, 0.25) is 0 Å². The van der Waals surface area contributed by atoms with Gasteiger partial charge in [-0.25, -0.2) is 5.48 Å². The van der Waals surface area contributed by atoms with Crippen LogP contribution in [-0.2, 0) is 19.8 Å². The zero-order valence-corrected chi connectivity index (χ0v) is 19.2. The Labute approximate surface area is 187 Å². The van der Waals surface area contributed by atoms with Crippen LogP contribution in [0.4, 0.5) is 0 Å². The molecule has 2 atom stereocenters. The van der Waals surface area contributed by atoms with E-state index in [-0.39, 0.29) is 30.6 Å². The Balaban J connectivity index is 1.49. The number of carbonyl (C=O) groups is 2. The number of hydroxylamine groups is 1. The van der Waals surface area contributed by atoms with Gasteiger partial charge >= 0.3 is 0 Å². The fourth-order valence-electron chi connectivity index (χ4n) is 5.05. The third-order valence-corrected chi connectivity index (χ3v) is 8.97. The summed E-state index contributed by atoms with van der Waals surface area (Å²) in [6, 6.07) is 5.20. The van der Waals surface area contributed by atoms with E-state index in [4.69, 9.17) is 5.21 Å². The van der Waals surface area contributed by atoms with E-state index in [1.165, 1.54) is 27.7 Å². The first-order valence-corrected chi connectivity index (χ1v) is 12.4. The van der Waals surface area contributed by atoms with Gasteiger partial charge in [-0.15, -0.1) is 0 Å². The molecule has 2 aliphatic heterocycles. The third kappa shape index (κ3) is 4.19. The van der Waals surface area contributed by atoms with Crippen molar-refractivity contribution in [2.24, 2.45) is 5.92 Å². The highest BCUT2D eigenvalue weighted by molar-refractivity contribution is 7.86. The van der Waals surface area contributed by atoms with Crippen molar-refractivity contribution in [3.8, 4) is 0 Å². The number of carbonyl (C=O) groups excluding carboxylic acids is 2. The van der Waals surface area contributed by atoms with E-state index < -0.39 is 22.2 Å². The van der Waals surface area contributed by atoms with Gasteiger partial charge in [-0.3, -0.25) is 14.8 Å². The lowest BCUT2D eigenvalue weighted by Gasteiger charge is -2.40. The molecule has 9 nitrogen and oxygen atoms in total. The zero-order chi connectivity index (χ0) is 23.0. The second kappa shape index (κ2) is 8.93. The molecule has 2 unspecified atom stereocenters. The molecule has 32 heavy (non-hydrogen) atoms. The molecule has 174 valence electrons. The molecule has 4 rings (SSSR count). The van der Waals surface area contributed by atoms with E-state index >= 15 is 0 Å². The predicted octanol–water partition coefficient (Wildman–Crippen LogP) is 2.08. The van der Waals surface area contributed by atoms with Crippen LogP contribution in [0.15, 0.2) is 24.4 Å². The molecule has 1 aromatic heterocycles. The lowest BCUT2D eigenvalue weighted by Crippen LogP contribution is -2.58. The average molecular weight is 463 g/mol. The number of benzene rings is 1. The Morgan fingerprint density at radius 2 is 1.88 bits per heavy atom. The van der Waals surface area contributed by atoms with Gasteiger partial charge in [0.15, 0.2) is 0 Å². The smallest absolute Gasteiger partial charge is 0.282 e. The van der Waals surface area contributed by atoms with Crippen LogP contribution in [0.25, 0.3) is 10.9 Å². The number of aromatic nitrogens is 1. The molecule has 0 bridgehead atoms. The van der Waals surface area contributed by atoms with Gasteiger partial charge in [0, 0.05) is 42.7 Å². The van der Waals surface area contributed by atoms with Crippen LogP contribution in [0.3, 0.4) is 0 Å². The molecule has 10 heteroatoms. The lowest BCUT2D eigenvalue weighted by atomic mass is 9.89. The van der Waals surface area contributed by atoms with Crippen LogP contribution in [0.5, 0.6) is 0 Å². The fourth-order valence-corrected chi connectivity index (χ4v) is 6.86. The molecule has 2 saturated heterocycles. The van der Waals surface area contributed by atoms with E-state index in [0.29, 0.717) is 32.4 Å². The van der Waals surface area contributed by atoms with Gasteiger partial charge < -0.3 is 4.98 Å². The van der Waals surface area contributed by atoms with Crippen molar-refractivity contribution in [3.63, 3.8) is 0 Å². The molecule has 3 N–H and O–H groups in total. The summed E-state index contributed by atoms with van der Waals surface area (Å²) in [5.41, 5.74) is 5.04. The summed E-state index contributed by atoms with van der Waals surface area (Å²) in [5, 5.41) is 10.3. The fraction of sp³-hybridized carbons (Fsp3) is 0.545. The summed E-state index contributed by atoms with van der Waals surface area (Å²) in [6.45, 7) is 4.27. The molecular weight excluding hydrogens is 432 g/mol. The molecule has 0 radical (unpaired) electrons. The van der Waals surface area contributed by atoms with Crippen molar-refractivity contribution < 1.29 is 23.2 Å². The van der Waals surface area contributed by atoms with E-state index in [2.05, 4.69) is 23.2 Å². The molecule has 0 aliphatic carbocycles. The van der Waals surface area contributed by atoms with Crippen LogP contribution < -0.4 is 5.48 Å². The quantitative estimate of drug-likeness (QED) is 0.464. The number of nitrogens with one attached hydrogen (secondary N) is 2. The van der Waals surface area contributed by atoms with Gasteiger partial charge in [-0.05, 0) is 62.6 Å². The van der Waals surface area contributed by atoms with Crippen LogP contribution >= 0.6 is 0 Å². The highest BCUT2D eigenvalue weighted by atomic mass is 32.2. The van der Waals surface area contributed by atoms with Crippen molar-refractivity contribution in [2.75, 3.05) is 19.6 Å². The summed E-state index contributed by atoms with van der Waals surface area (Å²) in [4.78, 5) is 27.4. The minimum Gasteiger partial charge on any atom is -0.361 e. The maximum Gasteiger partial charge on any atom is 0.282 e. The van der Waals surface area contributed by atoms with Crippen LogP contribution in [0.1, 0.15) is 49.7 Å². The van der Waals surface area contributed by atoms with Crippen molar-refractivity contribution in [1.29, 1.82) is 0 Å². The van der Waals surface area contributed by atoms with E-state index in [1.54, 1.807) is 5.48 Å². The predicted molar refractivity (Wildman–Crippen MR) is 119 cm³/mol. The number of aryl methyl sites for hydroxylation is 1.